The van der Waals surface area contributed by atoms with Crippen molar-refractivity contribution in [2.24, 2.45) is 0 Å². The smallest absolute Gasteiger partial charge is 0.341 e. The maximum absolute atomic E-state index is 11.6. The number of carbonyl (C=O) groups is 2. The zero-order chi connectivity index (χ0) is 17.7. The zero-order valence-electron chi connectivity index (χ0n) is 13.9. The number of aryl methyl sites for hydroxylation is 1. The lowest BCUT2D eigenvalue weighted by Gasteiger charge is -2.10. The molecular weight excluding hydrogens is 316 g/mol. The first-order valence-corrected chi connectivity index (χ1v) is 7.07. The fraction of sp³-hybridized carbons (Fsp3) is 0.294. The van der Waals surface area contributed by atoms with Gasteiger partial charge in [0.25, 0.3) is 0 Å². The highest BCUT2D eigenvalue weighted by atomic mass is 16.5. The van der Waals surface area contributed by atoms with Crippen molar-refractivity contribution in [3.63, 3.8) is 0 Å². The molecule has 0 aliphatic rings. The predicted molar refractivity (Wildman–Crippen MR) is 83.5 cm³/mol. The molecule has 0 radical (unpaired) electrons. The highest BCUT2D eigenvalue weighted by Gasteiger charge is 2.16. The van der Waals surface area contributed by atoms with Crippen LogP contribution < -0.4 is 9.47 Å². The van der Waals surface area contributed by atoms with E-state index in [1.54, 1.807) is 25.1 Å². The van der Waals surface area contributed by atoms with Crippen LogP contribution >= 0.6 is 0 Å². The van der Waals surface area contributed by atoms with E-state index in [2.05, 4.69) is 9.47 Å². The number of methoxy groups -OCH3 is 3. The molecule has 0 N–H and O–H groups in total. The third kappa shape index (κ3) is 3.68. The second kappa shape index (κ2) is 7.54. The van der Waals surface area contributed by atoms with Crippen LogP contribution in [0.25, 0.3) is 0 Å². The molecule has 0 atom stereocenters. The number of rotatable bonds is 6. The van der Waals surface area contributed by atoms with E-state index >= 15 is 0 Å². The predicted octanol–water partition coefficient (Wildman–Crippen LogP) is 2.75. The SMILES string of the molecule is COC(=O)c1ccc(OCc2cc(C(=O)OC)c(C)o2)c(OC)c1. The van der Waals surface area contributed by atoms with Crippen molar-refractivity contribution < 1.29 is 33.0 Å². The van der Waals surface area contributed by atoms with Crippen molar-refractivity contribution in [3.05, 3.63) is 46.9 Å². The summed E-state index contributed by atoms with van der Waals surface area (Å²) in [7, 11) is 4.08. The number of benzene rings is 1. The molecule has 0 saturated carbocycles. The monoisotopic (exact) mass is 334 g/mol. The maximum atomic E-state index is 11.6. The number of esters is 2. The van der Waals surface area contributed by atoms with Crippen molar-refractivity contribution >= 4 is 11.9 Å². The standard InChI is InChI=1S/C17H18O7/c1-10-13(17(19)22-4)8-12(24-10)9-23-14-6-5-11(16(18)21-3)7-15(14)20-2/h5-8H,9H2,1-4H3. The van der Waals surface area contributed by atoms with Crippen LogP contribution in [0.1, 0.15) is 32.2 Å². The van der Waals surface area contributed by atoms with Gasteiger partial charge < -0.3 is 23.4 Å². The summed E-state index contributed by atoms with van der Waals surface area (Å²) in [5, 5.41) is 0. The Bertz CT molecular complexity index is 745. The van der Waals surface area contributed by atoms with E-state index in [4.69, 9.17) is 13.9 Å². The van der Waals surface area contributed by atoms with Crippen LogP contribution in [-0.4, -0.2) is 33.3 Å². The third-order valence-electron chi connectivity index (χ3n) is 3.33. The fourth-order valence-corrected chi connectivity index (χ4v) is 2.11. The largest absolute Gasteiger partial charge is 0.493 e. The van der Waals surface area contributed by atoms with Crippen molar-refractivity contribution in [2.45, 2.75) is 13.5 Å². The van der Waals surface area contributed by atoms with Crippen LogP contribution in [0, 0.1) is 6.92 Å². The second-order valence-electron chi connectivity index (χ2n) is 4.82. The highest BCUT2D eigenvalue weighted by molar-refractivity contribution is 5.90. The zero-order valence-corrected chi connectivity index (χ0v) is 13.9. The van der Waals surface area contributed by atoms with Crippen molar-refractivity contribution in [2.75, 3.05) is 21.3 Å². The summed E-state index contributed by atoms with van der Waals surface area (Å²) in [6.45, 7) is 1.76. The van der Waals surface area contributed by atoms with E-state index in [0.29, 0.717) is 34.1 Å². The van der Waals surface area contributed by atoms with Crippen LogP contribution in [-0.2, 0) is 16.1 Å². The van der Waals surface area contributed by atoms with Crippen LogP contribution in [0.15, 0.2) is 28.7 Å². The summed E-state index contributed by atoms with van der Waals surface area (Å²) in [5.41, 5.74) is 0.702. The Balaban J connectivity index is 2.14. The molecule has 128 valence electrons. The topological polar surface area (TPSA) is 84.2 Å². The van der Waals surface area contributed by atoms with E-state index in [1.165, 1.54) is 27.4 Å². The van der Waals surface area contributed by atoms with Gasteiger partial charge in [-0.2, -0.15) is 0 Å². The van der Waals surface area contributed by atoms with E-state index in [-0.39, 0.29) is 6.61 Å². The first kappa shape index (κ1) is 17.4. The Morgan fingerprint density at radius 3 is 2.33 bits per heavy atom. The number of hydrogen-bond acceptors (Lipinski definition) is 7. The van der Waals surface area contributed by atoms with Crippen molar-refractivity contribution in [3.8, 4) is 11.5 Å². The Hall–Kier alpha value is -2.96. The molecule has 24 heavy (non-hydrogen) atoms. The Morgan fingerprint density at radius 1 is 1.00 bits per heavy atom. The van der Waals surface area contributed by atoms with E-state index in [1.807, 2.05) is 0 Å². The van der Waals surface area contributed by atoms with Gasteiger partial charge >= 0.3 is 11.9 Å². The molecule has 0 unspecified atom stereocenters. The summed E-state index contributed by atoms with van der Waals surface area (Å²) in [5.74, 6) is 0.792. The molecule has 0 bridgehead atoms. The number of carbonyl (C=O) groups excluding carboxylic acids is 2. The van der Waals surface area contributed by atoms with Gasteiger partial charge in [0.05, 0.1) is 26.9 Å². The molecule has 1 heterocycles. The molecule has 2 rings (SSSR count). The average Bonchev–Trinajstić information content (AvgIpc) is 2.99. The first-order valence-electron chi connectivity index (χ1n) is 7.07. The molecule has 1 aromatic heterocycles. The van der Waals surface area contributed by atoms with Gasteiger partial charge in [-0.05, 0) is 31.2 Å². The van der Waals surface area contributed by atoms with E-state index in [0.717, 1.165) is 0 Å². The molecule has 7 nitrogen and oxygen atoms in total. The van der Waals surface area contributed by atoms with E-state index < -0.39 is 11.9 Å². The molecule has 1 aromatic carbocycles. The van der Waals surface area contributed by atoms with Crippen molar-refractivity contribution in [1.29, 1.82) is 0 Å². The molecule has 0 amide bonds. The average molecular weight is 334 g/mol. The van der Waals surface area contributed by atoms with Gasteiger partial charge in [0, 0.05) is 0 Å². The van der Waals surface area contributed by atoms with Gasteiger partial charge in [0.1, 0.15) is 23.7 Å². The molecule has 0 fully saturated rings. The van der Waals surface area contributed by atoms with Crippen LogP contribution in [0.2, 0.25) is 0 Å². The maximum Gasteiger partial charge on any atom is 0.341 e. The van der Waals surface area contributed by atoms with Gasteiger partial charge in [-0.3, -0.25) is 0 Å². The highest BCUT2D eigenvalue weighted by Crippen LogP contribution is 2.29. The summed E-state index contributed by atoms with van der Waals surface area (Å²) < 4.78 is 25.7. The van der Waals surface area contributed by atoms with Gasteiger partial charge in [0.2, 0.25) is 0 Å². The number of hydrogen-bond donors (Lipinski definition) is 0. The molecule has 2 aromatic rings. The lowest BCUT2D eigenvalue weighted by atomic mass is 10.2. The summed E-state index contributed by atoms with van der Waals surface area (Å²) in [6, 6.07) is 6.25. The minimum Gasteiger partial charge on any atom is -0.493 e. The summed E-state index contributed by atoms with van der Waals surface area (Å²) in [4.78, 5) is 23.1. The summed E-state index contributed by atoms with van der Waals surface area (Å²) >= 11 is 0. The summed E-state index contributed by atoms with van der Waals surface area (Å²) in [6.07, 6.45) is 0. The Kier molecular flexibility index (Phi) is 5.47. The van der Waals surface area contributed by atoms with Crippen LogP contribution in [0.3, 0.4) is 0 Å². The van der Waals surface area contributed by atoms with Gasteiger partial charge in [-0.25, -0.2) is 9.59 Å². The first-order chi connectivity index (χ1) is 11.5. The molecule has 0 saturated heterocycles. The van der Waals surface area contributed by atoms with Gasteiger partial charge in [0.15, 0.2) is 11.5 Å². The number of ether oxygens (including phenoxy) is 4. The molecule has 0 aliphatic heterocycles. The minimum atomic E-state index is -0.470. The third-order valence-corrected chi connectivity index (χ3v) is 3.33. The molecule has 0 spiro atoms. The molecular formula is C17H18O7. The lowest BCUT2D eigenvalue weighted by molar-refractivity contribution is 0.0590. The Morgan fingerprint density at radius 2 is 1.71 bits per heavy atom. The van der Waals surface area contributed by atoms with Crippen LogP contribution in [0.5, 0.6) is 11.5 Å². The normalized spacial score (nSPS) is 10.2. The Labute approximate surface area is 139 Å². The van der Waals surface area contributed by atoms with Gasteiger partial charge in [-0.1, -0.05) is 0 Å². The van der Waals surface area contributed by atoms with Gasteiger partial charge in [-0.15, -0.1) is 0 Å². The molecule has 7 heteroatoms. The molecule has 0 aliphatic carbocycles. The quantitative estimate of drug-likeness (QED) is 0.751. The van der Waals surface area contributed by atoms with E-state index in [9.17, 15) is 9.59 Å². The van der Waals surface area contributed by atoms with Crippen molar-refractivity contribution in [1.82, 2.24) is 0 Å². The minimum absolute atomic E-state index is 0.0891. The fourth-order valence-electron chi connectivity index (χ4n) is 2.11. The number of furan rings is 1. The van der Waals surface area contributed by atoms with Crippen LogP contribution in [0.4, 0.5) is 0 Å². The second-order valence-corrected chi connectivity index (χ2v) is 4.82. The lowest BCUT2D eigenvalue weighted by Crippen LogP contribution is -2.03.